The van der Waals surface area contributed by atoms with E-state index in [0.29, 0.717) is 43.6 Å². The Kier molecular flexibility index (Phi) is 11.7. The summed E-state index contributed by atoms with van der Waals surface area (Å²) in [5.41, 5.74) is 0. The Morgan fingerprint density at radius 1 is 1.14 bits per heavy atom. The summed E-state index contributed by atoms with van der Waals surface area (Å²) < 4.78 is 10.7. The van der Waals surface area contributed by atoms with Gasteiger partial charge in [-0.3, -0.25) is 9.59 Å². The first kappa shape index (κ1) is 23.7. The molecular weight excluding hydrogens is 360 g/mol. The minimum Gasteiger partial charge on any atom is -0.497 e. The number of hydrogen-bond acceptors (Lipinski definition) is 5. The van der Waals surface area contributed by atoms with E-state index in [1.807, 2.05) is 30.4 Å². The number of allylic oxidation sites excluding steroid dienone is 2. The van der Waals surface area contributed by atoms with Crippen molar-refractivity contribution in [2.45, 2.75) is 58.0 Å². The predicted molar refractivity (Wildman–Crippen MR) is 108 cm³/mol. The molecule has 0 bridgehead atoms. The molecule has 1 aromatic rings. The summed E-state index contributed by atoms with van der Waals surface area (Å²) in [7, 11) is 1.59. The normalized spacial score (nSPS) is 13.2. The molecule has 2 atom stereocenters. The summed E-state index contributed by atoms with van der Waals surface area (Å²) in [4.78, 5) is 22.2. The maximum atomic E-state index is 11.8. The van der Waals surface area contributed by atoms with Gasteiger partial charge in [0.15, 0.2) is 0 Å². The Balaban J connectivity index is 2.26. The molecule has 1 aromatic carbocycles. The lowest BCUT2D eigenvalue weighted by Crippen LogP contribution is -2.18. The number of carbonyl (C=O) groups is 2. The van der Waals surface area contributed by atoms with Crippen LogP contribution in [0.25, 0.3) is 0 Å². The fourth-order valence-electron chi connectivity index (χ4n) is 2.80. The third-order valence-electron chi connectivity index (χ3n) is 4.50. The topological polar surface area (TPSA) is 93.1 Å². The fourth-order valence-corrected chi connectivity index (χ4v) is 2.80. The number of carboxylic acids is 1. The van der Waals surface area contributed by atoms with Crippen molar-refractivity contribution in [3.05, 3.63) is 36.4 Å². The highest BCUT2D eigenvalue weighted by Gasteiger charge is 2.14. The number of carboxylic acid groups (broad SMARTS) is 1. The third kappa shape index (κ3) is 10.7. The second-order valence-corrected chi connectivity index (χ2v) is 6.88. The van der Waals surface area contributed by atoms with Gasteiger partial charge in [0, 0.05) is 18.4 Å². The molecule has 0 fully saturated rings. The van der Waals surface area contributed by atoms with Crippen molar-refractivity contribution in [2.24, 2.45) is 5.92 Å². The molecule has 6 nitrogen and oxygen atoms in total. The standard InChI is InChI=1S/C22H32O6/c1-17(23)18(9-5-3-4-6-14-22(25)26)10-7-11-19(24)16-28-21-13-8-12-20(15-21)27-2/h3,5,8,12-13,15,18-19,24H,4,6-7,9-11,14,16H2,1-2H3,(H,25,26)/b5-3-. The van der Waals surface area contributed by atoms with Crippen molar-refractivity contribution in [3.8, 4) is 11.5 Å². The van der Waals surface area contributed by atoms with Gasteiger partial charge in [0.05, 0.1) is 13.2 Å². The lowest BCUT2D eigenvalue weighted by atomic mass is 9.93. The number of unbranched alkanes of at least 4 members (excludes halogenated alkanes) is 1. The van der Waals surface area contributed by atoms with Crippen LogP contribution in [0.1, 0.15) is 51.9 Å². The molecule has 1 rings (SSSR count). The number of aliphatic hydroxyl groups is 1. The molecule has 0 spiro atoms. The van der Waals surface area contributed by atoms with E-state index < -0.39 is 12.1 Å². The van der Waals surface area contributed by atoms with Crippen molar-refractivity contribution < 1.29 is 29.3 Å². The average molecular weight is 392 g/mol. The van der Waals surface area contributed by atoms with E-state index >= 15 is 0 Å². The summed E-state index contributed by atoms with van der Waals surface area (Å²) in [6.07, 6.45) is 7.44. The number of hydrogen-bond donors (Lipinski definition) is 2. The second kappa shape index (κ2) is 13.8. The molecule has 0 amide bonds. The monoisotopic (exact) mass is 392 g/mol. The fraction of sp³-hybridized carbons (Fsp3) is 0.545. The number of carbonyl (C=O) groups excluding carboxylic acids is 1. The molecule has 28 heavy (non-hydrogen) atoms. The average Bonchev–Trinajstić information content (AvgIpc) is 2.67. The van der Waals surface area contributed by atoms with Gasteiger partial charge in [-0.2, -0.15) is 0 Å². The van der Waals surface area contributed by atoms with Gasteiger partial charge in [-0.25, -0.2) is 0 Å². The van der Waals surface area contributed by atoms with E-state index in [0.717, 1.165) is 6.42 Å². The summed E-state index contributed by atoms with van der Waals surface area (Å²) in [6, 6.07) is 7.23. The Labute approximate surface area is 167 Å². The van der Waals surface area contributed by atoms with Crippen LogP contribution in [-0.4, -0.2) is 41.8 Å². The van der Waals surface area contributed by atoms with Crippen LogP contribution in [0.3, 0.4) is 0 Å². The number of aliphatic carboxylic acids is 1. The van der Waals surface area contributed by atoms with Crippen LogP contribution in [0.5, 0.6) is 11.5 Å². The zero-order valence-corrected chi connectivity index (χ0v) is 16.8. The number of rotatable bonds is 15. The summed E-state index contributed by atoms with van der Waals surface area (Å²) >= 11 is 0. The third-order valence-corrected chi connectivity index (χ3v) is 4.50. The van der Waals surface area contributed by atoms with Crippen LogP contribution in [0.2, 0.25) is 0 Å². The number of ether oxygens (including phenoxy) is 2. The molecule has 0 aliphatic heterocycles. The van der Waals surface area contributed by atoms with E-state index in [1.54, 1.807) is 20.1 Å². The van der Waals surface area contributed by atoms with Gasteiger partial charge in [0.2, 0.25) is 0 Å². The SMILES string of the molecule is COc1cccc(OCC(O)CCCC(C/C=C\CCCC(=O)O)C(C)=O)c1. The van der Waals surface area contributed by atoms with Crippen molar-refractivity contribution in [2.75, 3.05) is 13.7 Å². The molecule has 2 unspecified atom stereocenters. The molecule has 0 heterocycles. The summed E-state index contributed by atoms with van der Waals surface area (Å²) in [5.74, 6) is 0.629. The lowest BCUT2D eigenvalue weighted by Gasteiger charge is -2.15. The van der Waals surface area contributed by atoms with Gasteiger partial charge in [0.25, 0.3) is 0 Å². The molecule has 6 heteroatoms. The summed E-state index contributed by atoms with van der Waals surface area (Å²) in [6.45, 7) is 1.78. The smallest absolute Gasteiger partial charge is 0.303 e. The van der Waals surface area contributed by atoms with Gasteiger partial charge < -0.3 is 19.7 Å². The van der Waals surface area contributed by atoms with Crippen molar-refractivity contribution in [1.29, 1.82) is 0 Å². The Hall–Kier alpha value is -2.34. The molecule has 0 aliphatic carbocycles. The van der Waals surface area contributed by atoms with E-state index in [1.165, 1.54) is 0 Å². The molecule has 156 valence electrons. The molecule has 0 saturated carbocycles. The molecule has 0 aromatic heterocycles. The minimum absolute atomic E-state index is 0.0674. The van der Waals surface area contributed by atoms with Gasteiger partial charge in [-0.1, -0.05) is 24.6 Å². The zero-order chi connectivity index (χ0) is 20.8. The van der Waals surface area contributed by atoms with Crippen molar-refractivity contribution in [3.63, 3.8) is 0 Å². The van der Waals surface area contributed by atoms with E-state index in [9.17, 15) is 14.7 Å². The molecule has 0 radical (unpaired) electrons. The van der Waals surface area contributed by atoms with Crippen LogP contribution in [0.4, 0.5) is 0 Å². The zero-order valence-electron chi connectivity index (χ0n) is 16.8. The first-order chi connectivity index (χ1) is 13.4. The maximum absolute atomic E-state index is 11.8. The largest absolute Gasteiger partial charge is 0.497 e. The quantitative estimate of drug-likeness (QED) is 0.346. The number of aliphatic hydroxyl groups excluding tert-OH is 1. The van der Waals surface area contributed by atoms with Crippen molar-refractivity contribution in [1.82, 2.24) is 0 Å². The van der Waals surface area contributed by atoms with Crippen LogP contribution in [0.15, 0.2) is 36.4 Å². The number of ketones is 1. The van der Waals surface area contributed by atoms with E-state index in [-0.39, 0.29) is 24.7 Å². The molecule has 0 aliphatic rings. The van der Waals surface area contributed by atoms with Crippen molar-refractivity contribution >= 4 is 11.8 Å². The number of benzene rings is 1. The highest BCUT2D eigenvalue weighted by atomic mass is 16.5. The summed E-state index contributed by atoms with van der Waals surface area (Å²) in [5, 5.41) is 18.7. The number of Topliss-reactive ketones (excluding diaryl/α,β-unsaturated/α-hetero) is 1. The highest BCUT2D eigenvalue weighted by molar-refractivity contribution is 5.78. The second-order valence-electron chi connectivity index (χ2n) is 6.88. The minimum atomic E-state index is -0.788. The van der Waals surface area contributed by atoms with Gasteiger partial charge >= 0.3 is 5.97 Å². The van der Waals surface area contributed by atoms with Gasteiger partial charge in [-0.15, -0.1) is 0 Å². The maximum Gasteiger partial charge on any atom is 0.303 e. The highest BCUT2D eigenvalue weighted by Crippen LogP contribution is 2.20. The van der Waals surface area contributed by atoms with Crippen LogP contribution in [-0.2, 0) is 9.59 Å². The van der Waals surface area contributed by atoms with Crippen LogP contribution in [0, 0.1) is 5.92 Å². The lowest BCUT2D eigenvalue weighted by molar-refractivity contribution is -0.137. The Bertz CT molecular complexity index is 625. The Morgan fingerprint density at radius 2 is 1.89 bits per heavy atom. The van der Waals surface area contributed by atoms with E-state index in [2.05, 4.69) is 0 Å². The predicted octanol–water partition coefficient (Wildman–Crippen LogP) is 4.01. The van der Waals surface area contributed by atoms with Gasteiger partial charge in [0.1, 0.15) is 23.9 Å². The molecule has 0 saturated heterocycles. The molecular formula is C22H32O6. The Morgan fingerprint density at radius 3 is 2.57 bits per heavy atom. The van der Waals surface area contributed by atoms with E-state index in [4.69, 9.17) is 14.6 Å². The van der Waals surface area contributed by atoms with Gasteiger partial charge in [-0.05, 0) is 51.2 Å². The molecule has 2 N–H and O–H groups in total. The number of methoxy groups -OCH3 is 1. The first-order valence-electron chi connectivity index (χ1n) is 9.74. The van der Waals surface area contributed by atoms with Crippen LogP contribution < -0.4 is 9.47 Å². The first-order valence-corrected chi connectivity index (χ1v) is 9.74. The van der Waals surface area contributed by atoms with Crippen LogP contribution >= 0.6 is 0 Å².